The summed E-state index contributed by atoms with van der Waals surface area (Å²) in [6, 6.07) is 12.2. The maximum absolute atomic E-state index is 12.0. The zero-order valence-corrected chi connectivity index (χ0v) is 12.2. The molecule has 1 aromatic carbocycles. The van der Waals surface area contributed by atoms with Crippen LogP contribution in [0.4, 0.5) is 0 Å². The van der Waals surface area contributed by atoms with Gasteiger partial charge in [0, 0.05) is 25.0 Å². The largest absolute Gasteiger partial charge is 0.342 e. The van der Waals surface area contributed by atoms with E-state index in [1.807, 2.05) is 29.2 Å². The van der Waals surface area contributed by atoms with Crippen LogP contribution < -0.4 is 5.32 Å². The van der Waals surface area contributed by atoms with Gasteiger partial charge < -0.3 is 10.2 Å². The third-order valence-electron chi connectivity index (χ3n) is 3.95. The third-order valence-corrected chi connectivity index (χ3v) is 3.95. The van der Waals surface area contributed by atoms with Crippen LogP contribution in [0.15, 0.2) is 36.4 Å². The Morgan fingerprint density at radius 2 is 1.90 bits per heavy atom. The van der Waals surface area contributed by atoms with Gasteiger partial charge >= 0.3 is 0 Å². The number of piperidine rings is 1. The van der Waals surface area contributed by atoms with Gasteiger partial charge in [-0.05, 0) is 31.4 Å². The number of hydrogen-bond donors (Lipinski definition) is 1. The maximum atomic E-state index is 12.0. The first-order chi connectivity index (χ1) is 10.3. The van der Waals surface area contributed by atoms with E-state index in [2.05, 4.69) is 22.4 Å². The molecular weight excluding hydrogens is 262 g/mol. The fraction of sp³-hybridized carbons (Fsp3) is 0.412. The van der Waals surface area contributed by atoms with Crippen molar-refractivity contribution in [2.75, 3.05) is 19.6 Å². The van der Waals surface area contributed by atoms with Crippen molar-refractivity contribution in [2.45, 2.75) is 25.8 Å². The van der Waals surface area contributed by atoms with Crippen molar-refractivity contribution in [3.63, 3.8) is 0 Å². The molecule has 0 aliphatic carbocycles. The van der Waals surface area contributed by atoms with E-state index >= 15 is 0 Å². The van der Waals surface area contributed by atoms with E-state index < -0.39 is 0 Å². The molecule has 21 heavy (non-hydrogen) atoms. The molecule has 0 atom stereocenters. The van der Waals surface area contributed by atoms with Crippen LogP contribution in [-0.4, -0.2) is 35.4 Å². The molecule has 1 aliphatic rings. The van der Waals surface area contributed by atoms with Gasteiger partial charge in [0.25, 0.3) is 0 Å². The molecule has 1 aliphatic heterocycles. The van der Waals surface area contributed by atoms with Crippen LogP contribution in [0.1, 0.15) is 25.0 Å². The van der Waals surface area contributed by atoms with Crippen LogP contribution in [0.5, 0.6) is 0 Å². The van der Waals surface area contributed by atoms with Crippen molar-refractivity contribution in [1.29, 1.82) is 0 Å². The summed E-state index contributed by atoms with van der Waals surface area (Å²) >= 11 is 0. The minimum atomic E-state index is 0.204. The SMILES string of the molecule is O=C(CNCc1ccc2ccccc2n1)N1CCCCC1. The first-order valence-electron chi connectivity index (χ1n) is 7.66. The molecule has 2 aromatic rings. The van der Waals surface area contributed by atoms with Gasteiger partial charge in [0.05, 0.1) is 17.8 Å². The van der Waals surface area contributed by atoms with Crippen molar-refractivity contribution in [2.24, 2.45) is 0 Å². The van der Waals surface area contributed by atoms with E-state index in [-0.39, 0.29) is 5.91 Å². The Morgan fingerprint density at radius 1 is 1.10 bits per heavy atom. The quantitative estimate of drug-likeness (QED) is 0.936. The second-order valence-corrected chi connectivity index (χ2v) is 5.54. The third kappa shape index (κ3) is 3.58. The molecule has 1 amide bonds. The van der Waals surface area contributed by atoms with Crippen LogP contribution in [0.25, 0.3) is 10.9 Å². The van der Waals surface area contributed by atoms with E-state index in [1.165, 1.54) is 6.42 Å². The molecular formula is C17H21N3O. The van der Waals surface area contributed by atoms with Crippen molar-refractivity contribution >= 4 is 16.8 Å². The van der Waals surface area contributed by atoms with Crippen LogP contribution in [0, 0.1) is 0 Å². The summed E-state index contributed by atoms with van der Waals surface area (Å²) in [4.78, 5) is 18.6. The number of para-hydroxylation sites is 1. The molecule has 1 saturated heterocycles. The van der Waals surface area contributed by atoms with Crippen molar-refractivity contribution in [3.05, 3.63) is 42.1 Å². The summed E-state index contributed by atoms with van der Waals surface area (Å²) in [5, 5.41) is 4.35. The van der Waals surface area contributed by atoms with Gasteiger partial charge in [-0.15, -0.1) is 0 Å². The topological polar surface area (TPSA) is 45.2 Å². The standard InChI is InChI=1S/C17H21N3O/c21-17(20-10-4-1-5-11-20)13-18-12-15-9-8-14-6-2-3-7-16(14)19-15/h2-3,6-9,18H,1,4-5,10-13H2. The molecule has 4 heteroatoms. The number of carbonyl (C=O) groups is 1. The molecule has 0 radical (unpaired) electrons. The Labute approximate surface area is 125 Å². The molecule has 3 rings (SSSR count). The molecule has 0 bridgehead atoms. The van der Waals surface area contributed by atoms with Gasteiger partial charge in [0.15, 0.2) is 0 Å². The number of nitrogens with one attached hydrogen (secondary N) is 1. The molecule has 1 N–H and O–H groups in total. The highest BCUT2D eigenvalue weighted by molar-refractivity contribution is 5.79. The highest BCUT2D eigenvalue weighted by Gasteiger charge is 2.15. The molecule has 2 heterocycles. The Balaban J connectivity index is 1.53. The Hall–Kier alpha value is -1.94. The van der Waals surface area contributed by atoms with E-state index in [9.17, 15) is 4.79 Å². The number of pyridine rings is 1. The number of carbonyl (C=O) groups excluding carboxylic acids is 1. The minimum Gasteiger partial charge on any atom is -0.342 e. The molecule has 0 spiro atoms. The predicted octanol–water partition coefficient (Wildman–Crippen LogP) is 2.34. The molecule has 4 nitrogen and oxygen atoms in total. The Bertz CT molecular complexity index is 620. The average Bonchev–Trinajstić information content (AvgIpc) is 2.55. The van der Waals surface area contributed by atoms with Gasteiger partial charge in [-0.3, -0.25) is 9.78 Å². The van der Waals surface area contributed by atoms with Gasteiger partial charge in [0.1, 0.15) is 0 Å². The number of benzene rings is 1. The van der Waals surface area contributed by atoms with Crippen molar-refractivity contribution in [1.82, 2.24) is 15.2 Å². The van der Waals surface area contributed by atoms with Gasteiger partial charge in [0.2, 0.25) is 5.91 Å². The second kappa shape index (κ2) is 6.68. The first-order valence-corrected chi connectivity index (χ1v) is 7.66. The lowest BCUT2D eigenvalue weighted by Crippen LogP contribution is -2.41. The number of amides is 1. The van der Waals surface area contributed by atoms with Gasteiger partial charge in [-0.2, -0.15) is 0 Å². The summed E-state index contributed by atoms with van der Waals surface area (Å²) in [5.74, 6) is 0.204. The smallest absolute Gasteiger partial charge is 0.236 e. The zero-order valence-electron chi connectivity index (χ0n) is 12.2. The summed E-state index contributed by atoms with van der Waals surface area (Å²) < 4.78 is 0. The highest BCUT2D eigenvalue weighted by Crippen LogP contribution is 2.12. The minimum absolute atomic E-state index is 0.204. The molecule has 0 unspecified atom stereocenters. The van der Waals surface area contributed by atoms with Crippen LogP contribution in [-0.2, 0) is 11.3 Å². The molecule has 110 valence electrons. The number of rotatable bonds is 4. The Morgan fingerprint density at radius 3 is 2.76 bits per heavy atom. The number of nitrogens with zero attached hydrogens (tertiary/aromatic N) is 2. The second-order valence-electron chi connectivity index (χ2n) is 5.54. The fourth-order valence-electron chi connectivity index (χ4n) is 2.76. The summed E-state index contributed by atoms with van der Waals surface area (Å²) in [6.07, 6.45) is 3.52. The summed E-state index contributed by atoms with van der Waals surface area (Å²) in [6.45, 7) is 2.85. The average molecular weight is 283 g/mol. The van der Waals surface area contributed by atoms with Gasteiger partial charge in [-0.1, -0.05) is 24.3 Å². The van der Waals surface area contributed by atoms with Crippen molar-refractivity contribution in [3.8, 4) is 0 Å². The summed E-state index contributed by atoms with van der Waals surface area (Å²) in [5.41, 5.74) is 1.97. The fourth-order valence-corrected chi connectivity index (χ4v) is 2.76. The zero-order chi connectivity index (χ0) is 14.5. The van der Waals surface area contributed by atoms with Crippen LogP contribution >= 0.6 is 0 Å². The Kier molecular flexibility index (Phi) is 4.46. The molecule has 1 aromatic heterocycles. The van der Waals surface area contributed by atoms with Crippen molar-refractivity contribution < 1.29 is 4.79 Å². The number of hydrogen-bond acceptors (Lipinski definition) is 3. The summed E-state index contributed by atoms with van der Waals surface area (Å²) in [7, 11) is 0. The highest BCUT2D eigenvalue weighted by atomic mass is 16.2. The number of aromatic nitrogens is 1. The van der Waals surface area contributed by atoms with E-state index in [1.54, 1.807) is 0 Å². The maximum Gasteiger partial charge on any atom is 0.236 e. The normalized spacial score (nSPS) is 15.3. The van der Waals surface area contributed by atoms with Crippen LogP contribution in [0.2, 0.25) is 0 Å². The van der Waals surface area contributed by atoms with Crippen LogP contribution in [0.3, 0.4) is 0 Å². The van der Waals surface area contributed by atoms with E-state index in [0.717, 1.165) is 42.5 Å². The first kappa shape index (κ1) is 14.0. The van der Waals surface area contributed by atoms with Gasteiger partial charge in [-0.25, -0.2) is 0 Å². The van der Waals surface area contributed by atoms with E-state index in [0.29, 0.717) is 13.1 Å². The lowest BCUT2D eigenvalue weighted by molar-refractivity contribution is -0.131. The molecule has 0 saturated carbocycles. The van der Waals surface area contributed by atoms with E-state index in [4.69, 9.17) is 0 Å². The lowest BCUT2D eigenvalue weighted by atomic mass is 10.1. The lowest BCUT2D eigenvalue weighted by Gasteiger charge is -2.26. The predicted molar refractivity (Wildman–Crippen MR) is 83.9 cm³/mol. The molecule has 1 fully saturated rings. The number of likely N-dealkylation sites (tertiary alicyclic amines) is 1. The number of fused-ring (bicyclic) bond motifs is 1. The monoisotopic (exact) mass is 283 g/mol.